The second-order valence-electron chi connectivity index (χ2n) is 10.6. The Kier molecular flexibility index (Phi) is 5.55. The third-order valence-electron chi connectivity index (χ3n) is 9.37. The van der Waals surface area contributed by atoms with Crippen LogP contribution in [0.4, 0.5) is 0 Å². The van der Waals surface area contributed by atoms with Crippen LogP contribution >= 0.6 is 0 Å². The number of hydrogen-bond acceptors (Lipinski definition) is 0. The van der Waals surface area contributed by atoms with Crippen molar-refractivity contribution < 1.29 is 20.0 Å². The summed E-state index contributed by atoms with van der Waals surface area (Å²) in [5, 5.41) is 0. The van der Waals surface area contributed by atoms with Crippen LogP contribution in [0, 0.1) is 0 Å². The van der Waals surface area contributed by atoms with E-state index in [4.69, 9.17) is 0 Å². The summed E-state index contributed by atoms with van der Waals surface area (Å²) in [6.07, 6.45) is 9.16. The molecule has 0 unspecified atom stereocenters. The van der Waals surface area contributed by atoms with Crippen LogP contribution in [0.1, 0.15) is 89.5 Å². The molecular formula is C28H40Hf. The van der Waals surface area contributed by atoms with Crippen LogP contribution < -0.4 is 0 Å². The second-order valence-corrected chi connectivity index (χ2v) is 28.0. The molecule has 0 spiro atoms. The summed E-state index contributed by atoms with van der Waals surface area (Å²) in [7, 11) is 0. The second kappa shape index (κ2) is 7.47. The molecule has 3 aliphatic rings. The number of benzene rings is 1. The van der Waals surface area contributed by atoms with Crippen molar-refractivity contribution in [1.82, 2.24) is 0 Å². The van der Waals surface area contributed by atoms with Gasteiger partial charge in [0.2, 0.25) is 0 Å². The molecule has 1 aromatic rings. The van der Waals surface area contributed by atoms with Gasteiger partial charge in [-0.25, -0.2) is 0 Å². The van der Waals surface area contributed by atoms with E-state index in [0.29, 0.717) is 3.17 Å². The topological polar surface area (TPSA) is 0 Å². The van der Waals surface area contributed by atoms with Crippen molar-refractivity contribution in [2.45, 2.75) is 99.0 Å². The van der Waals surface area contributed by atoms with Crippen LogP contribution in [0.2, 0.25) is 12.5 Å². The summed E-state index contributed by atoms with van der Waals surface area (Å²) >= 11 is -2.87. The van der Waals surface area contributed by atoms with E-state index in [0.717, 1.165) is 0 Å². The molecule has 0 saturated heterocycles. The van der Waals surface area contributed by atoms with Gasteiger partial charge in [-0.2, -0.15) is 0 Å². The average molecular weight is 555 g/mol. The van der Waals surface area contributed by atoms with Crippen molar-refractivity contribution in [3.05, 3.63) is 60.0 Å². The van der Waals surface area contributed by atoms with Crippen molar-refractivity contribution in [2.75, 3.05) is 0 Å². The molecule has 0 N–H and O–H groups in total. The Bertz CT molecular complexity index is 940. The molecule has 0 saturated carbocycles. The zero-order valence-electron chi connectivity index (χ0n) is 20.1. The van der Waals surface area contributed by atoms with Gasteiger partial charge >= 0.3 is 185 Å². The van der Waals surface area contributed by atoms with Crippen LogP contribution in [-0.4, -0.2) is 0 Å². The molecule has 4 rings (SSSR count). The zero-order chi connectivity index (χ0) is 21.1. The summed E-state index contributed by atoms with van der Waals surface area (Å²) in [5.74, 6) is 0. The van der Waals surface area contributed by atoms with E-state index in [1.165, 1.54) is 44.9 Å². The fourth-order valence-corrected chi connectivity index (χ4v) is 22.9. The Morgan fingerprint density at radius 1 is 0.931 bits per heavy atom. The summed E-state index contributed by atoms with van der Waals surface area (Å²) < 4.78 is 7.81. The Morgan fingerprint density at radius 3 is 2.17 bits per heavy atom. The molecule has 1 heteroatoms. The quantitative estimate of drug-likeness (QED) is 0.319. The van der Waals surface area contributed by atoms with Crippen LogP contribution in [0.5, 0.6) is 0 Å². The van der Waals surface area contributed by atoms with Gasteiger partial charge in [-0.05, 0) is 0 Å². The van der Waals surface area contributed by atoms with Gasteiger partial charge < -0.3 is 0 Å². The molecule has 1 aromatic carbocycles. The van der Waals surface area contributed by atoms with Gasteiger partial charge in [-0.15, -0.1) is 0 Å². The van der Waals surface area contributed by atoms with Crippen molar-refractivity contribution in [2.24, 2.45) is 0 Å². The predicted molar refractivity (Wildman–Crippen MR) is 125 cm³/mol. The standard InChI is InChI=1S/C16H19.C10H15.2CH3.Hf/c1-2-3-5-13-10-11-14-9-8-12-6-4-7-15(12)16(13)14;1-6-7(2)9(4)10(5)8(6)3;;;/h8-9H,2-7,11H2,1H3;1-5H3;2*1H3;. The molecule has 0 radical (unpaired) electrons. The van der Waals surface area contributed by atoms with E-state index in [2.05, 4.69) is 63.0 Å². The van der Waals surface area contributed by atoms with Gasteiger partial charge in [-0.1, -0.05) is 0 Å². The van der Waals surface area contributed by atoms with Gasteiger partial charge in [0, 0.05) is 0 Å². The summed E-state index contributed by atoms with van der Waals surface area (Å²) in [5.41, 5.74) is 15.1. The molecule has 0 fully saturated rings. The zero-order valence-corrected chi connectivity index (χ0v) is 23.7. The van der Waals surface area contributed by atoms with E-state index >= 15 is 0 Å². The SMILES string of the molecule is CCCCC1=[C]([Hf]([CH3])([CH3])[C]2(C)C(C)=C(C)C(C)=C2C)Cc2ccc3c(c21)CCC3. The minimum atomic E-state index is -2.87. The van der Waals surface area contributed by atoms with Gasteiger partial charge in [0.25, 0.3) is 0 Å². The number of fused-ring (bicyclic) bond motifs is 3. The molecule has 156 valence electrons. The molecule has 0 amide bonds. The van der Waals surface area contributed by atoms with Gasteiger partial charge in [-0.3, -0.25) is 0 Å². The van der Waals surface area contributed by atoms with Crippen LogP contribution in [0.15, 0.2) is 37.8 Å². The normalized spacial score (nSPS) is 20.8. The van der Waals surface area contributed by atoms with E-state index in [1.807, 2.05) is 8.90 Å². The first-order chi connectivity index (χ1) is 13.7. The molecule has 0 bridgehead atoms. The molecule has 0 aliphatic heterocycles. The van der Waals surface area contributed by atoms with Crippen molar-refractivity contribution >= 4 is 5.57 Å². The Morgan fingerprint density at radius 2 is 1.55 bits per heavy atom. The third-order valence-corrected chi connectivity index (χ3v) is 28.2. The first-order valence-corrected chi connectivity index (χ1v) is 22.7. The predicted octanol–water partition coefficient (Wildman–Crippen LogP) is 8.75. The van der Waals surface area contributed by atoms with Gasteiger partial charge in [0.1, 0.15) is 0 Å². The third kappa shape index (κ3) is 2.93. The molecule has 0 nitrogen and oxygen atoms in total. The van der Waals surface area contributed by atoms with E-state index in [-0.39, 0.29) is 0 Å². The molecular weight excluding hydrogens is 515 g/mol. The summed E-state index contributed by atoms with van der Waals surface area (Å²) in [6.45, 7) is 14.6. The van der Waals surface area contributed by atoms with Crippen molar-refractivity contribution in [1.29, 1.82) is 0 Å². The Labute approximate surface area is 183 Å². The maximum absolute atomic E-state index is 2.87. The number of hydrogen-bond donors (Lipinski definition) is 0. The fourth-order valence-electron chi connectivity index (χ4n) is 6.75. The van der Waals surface area contributed by atoms with Crippen LogP contribution in [0.25, 0.3) is 5.57 Å². The van der Waals surface area contributed by atoms with Gasteiger partial charge in [0.15, 0.2) is 0 Å². The van der Waals surface area contributed by atoms with Crippen molar-refractivity contribution in [3.63, 3.8) is 0 Å². The number of aryl methyl sites for hydroxylation is 1. The monoisotopic (exact) mass is 556 g/mol. The van der Waals surface area contributed by atoms with Crippen LogP contribution in [-0.2, 0) is 39.2 Å². The summed E-state index contributed by atoms with van der Waals surface area (Å²) in [4.78, 5) is 0. The van der Waals surface area contributed by atoms with E-state index < -0.39 is 20.0 Å². The Balaban J connectivity index is 1.91. The molecule has 0 aromatic heterocycles. The fraction of sp³-hybridized carbons (Fsp3) is 0.571. The van der Waals surface area contributed by atoms with E-state index in [1.54, 1.807) is 44.5 Å². The molecule has 0 heterocycles. The average Bonchev–Trinajstić information content (AvgIpc) is 3.36. The molecule has 0 atom stereocenters. The first-order valence-electron chi connectivity index (χ1n) is 11.9. The first kappa shape index (κ1) is 21.5. The van der Waals surface area contributed by atoms with Gasteiger partial charge in [0.05, 0.1) is 0 Å². The molecule has 29 heavy (non-hydrogen) atoms. The number of rotatable bonds is 5. The number of allylic oxidation sites excluding steroid dienone is 6. The van der Waals surface area contributed by atoms with Crippen molar-refractivity contribution in [3.8, 4) is 0 Å². The summed E-state index contributed by atoms with van der Waals surface area (Å²) in [6, 6.07) is 4.97. The maximum atomic E-state index is 2.76. The Hall–Kier alpha value is -0.690. The minimum absolute atomic E-state index is 0.333. The van der Waals surface area contributed by atoms with E-state index in [9.17, 15) is 0 Å². The molecule has 3 aliphatic carbocycles. The number of unbranched alkanes of at least 4 members (excludes halogenated alkanes) is 1. The van der Waals surface area contributed by atoms with Crippen LogP contribution in [0.3, 0.4) is 0 Å².